The maximum Gasteiger partial charge on any atom is 0.466 e. The summed E-state index contributed by atoms with van der Waals surface area (Å²) in [6.07, 6.45) is 0. The van der Waals surface area contributed by atoms with Crippen molar-refractivity contribution in [2.45, 2.75) is 13.1 Å². The molecule has 0 fully saturated rings. The van der Waals surface area contributed by atoms with Crippen LogP contribution in [0.4, 0.5) is 0 Å². The van der Waals surface area contributed by atoms with Crippen LogP contribution in [0.3, 0.4) is 0 Å². The smallest absolute Gasteiger partial charge is 0.396 e. The molecular formula is C13H30N2O12P2. The van der Waals surface area contributed by atoms with Crippen molar-refractivity contribution < 1.29 is 58.9 Å². The van der Waals surface area contributed by atoms with E-state index in [0.717, 1.165) is 11.1 Å². The summed E-state index contributed by atoms with van der Waals surface area (Å²) in [6, 6.07) is 8.00. The fourth-order valence-corrected chi connectivity index (χ4v) is 1.18. The molecule has 0 aliphatic heterocycles. The van der Waals surface area contributed by atoms with E-state index < -0.39 is 47.5 Å². The number of benzene rings is 1. The Morgan fingerprint density at radius 3 is 1.07 bits per heavy atom. The predicted octanol–water partition coefficient (Wildman–Crippen LogP) is -3.31. The van der Waals surface area contributed by atoms with E-state index in [4.69, 9.17) is 70.4 Å². The largest absolute Gasteiger partial charge is 0.466 e. The molecule has 0 bridgehead atoms. The highest BCUT2D eigenvalue weighted by Crippen LogP contribution is 2.26. The van der Waals surface area contributed by atoms with E-state index in [2.05, 4.69) is 0 Å². The highest BCUT2D eigenvalue weighted by Gasteiger charge is 2.26. The summed E-state index contributed by atoms with van der Waals surface area (Å²) in [7, 11) is -9.28. The third-order valence-electron chi connectivity index (χ3n) is 2.80. The molecule has 1 aromatic carbocycles. The molecule has 14 nitrogen and oxygen atoms in total. The summed E-state index contributed by atoms with van der Waals surface area (Å²) < 4.78 is 17.8. The molecule has 14 N–H and O–H groups in total. The van der Waals surface area contributed by atoms with Crippen molar-refractivity contribution in [2.75, 3.05) is 26.4 Å². The van der Waals surface area contributed by atoms with Gasteiger partial charge in [0.1, 0.15) is 0 Å². The normalized spacial score (nSPS) is 11.2. The molecule has 16 heteroatoms. The fraction of sp³-hybridized carbons (Fsp3) is 0.538. The molecule has 0 amide bonds. The van der Waals surface area contributed by atoms with Crippen molar-refractivity contribution in [1.29, 1.82) is 0 Å². The van der Waals surface area contributed by atoms with Crippen LogP contribution in [0.25, 0.3) is 0 Å². The predicted molar refractivity (Wildman–Crippen MR) is 102 cm³/mol. The van der Waals surface area contributed by atoms with Crippen LogP contribution in [0.5, 0.6) is 0 Å². The van der Waals surface area contributed by atoms with Gasteiger partial charge in [0.2, 0.25) is 0 Å². The van der Waals surface area contributed by atoms with Gasteiger partial charge in [-0.2, -0.15) is 0 Å². The first-order chi connectivity index (χ1) is 13.1. The second kappa shape index (κ2) is 16.9. The molecule has 1 rings (SSSR count). The van der Waals surface area contributed by atoms with Gasteiger partial charge in [-0.05, 0) is 11.1 Å². The number of hydrogen-bond donors (Lipinski definition) is 12. The molecule has 0 saturated carbocycles. The average Bonchev–Trinajstić information content (AvgIpc) is 2.62. The standard InChI is InChI=1S/C8H12N2.C5H12O4.2H3O4P/c9-5-7-2-1-3-8(4-7)6-10;6-1-5(2-7,3-8)4-9;2*1-5(2,3)4/h1-4H,5-6,9-10H2;6-9H,1-4H2;2*(H3,1,2,3,4). The molecule has 0 aliphatic rings. The van der Waals surface area contributed by atoms with Gasteiger partial charge in [-0.25, -0.2) is 9.13 Å². The van der Waals surface area contributed by atoms with E-state index in [1.165, 1.54) is 0 Å². The van der Waals surface area contributed by atoms with Crippen LogP contribution in [0.2, 0.25) is 0 Å². The van der Waals surface area contributed by atoms with Gasteiger partial charge in [-0.3, -0.25) is 0 Å². The Kier molecular flexibility index (Phi) is 19.2. The van der Waals surface area contributed by atoms with Crippen molar-refractivity contribution in [3.05, 3.63) is 35.4 Å². The first-order valence-electron chi connectivity index (χ1n) is 7.59. The third kappa shape index (κ3) is 27.2. The third-order valence-corrected chi connectivity index (χ3v) is 2.80. The van der Waals surface area contributed by atoms with E-state index in [1.54, 1.807) is 0 Å². The number of nitrogens with two attached hydrogens (primary N) is 2. The lowest BCUT2D eigenvalue weighted by Gasteiger charge is -2.23. The molecular weight excluding hydrogens is 438 g/mol. The Balaban J connectivity index is -0.000000328. The van der Waals surface area contributed by atoms with Crippen LogP contribution >= 0.6 is 15.6 Å². The van der Waals surface area contributed by atoms with Gasteiger partial charge < -0.3 is 61.3 Å². The van der Waals surface area contributed by atoms with E-state index in [-0.39, 0.29) is 0 Å². The Hall–Kier alpha value is -0.800. The molecule has 0 spiro atoms. The number of rotatable bonds is 6. The van der Waals surface area contributed by atoms with Crippen LogP contribution in [0, 0.1) is 5.41 Å². The SMILES string of the molecule is NCc1cccc(CN)c1.O=P(O)(O)O.O=P(O)(O)O.OCC(CO)(CO)CO. The van der Waals surface area contributed by atoms with E-state index in [9.17, 15) is 0 Å². The maximum absolute atomic E-state index is 8.88. The van der Waals surface area contributed by atoms with Crippen molar-refractivity contribution in [3.63, 3.8) is 0 Å². The number of hydrogen-bond acceptors (Lipinski definition) is 8. The maximum atomic E-state index is 8.88. The summed E-state index contributed by atoms with van der Waals surface area (Å²) in [5.41, 5.74) is 12.0. The molecule has 29 heavy (non-hydrogen) atoms. The van der Waals surface area contributed by atoms with Gasteiger partial charge in [0.25, 0.3) is 0 Å². The first-order valence-corrected chi connectivity index (χ1v) is 10.7. The van der Waals surface area contributed by atoms with Crippen LogP contribution in [-0.2, 0) is 22.2 Å². The zero-order valence-electron chi connectivity index (χ0n) is 15.4. The molecule has 174 valence electrons. The van der Waals surface area contributed by atoms with Gasteiger partial charge in [0, 0.05) is 13.1 Å². The molecule has 0 radical (unpaired) electrons. The van der Waals surface area contributed by atoms with Crippen molar-refractivity contribution in [2.24, 2.45) is 16.9 Å². The highest BCUT2D eigenvalue weighted by atomic mass is 31.2. The van der Waals surface area contributed by atoms with Gasteiger partial charge in [0.15, 0.2) is 0 Å². The quantitative estimate of drug-likeness (QED) is 0.182. The lowest BCUT2D eigenvalue weighted by molar-refractivity contribution is -0.0328. The monoisotopic (exact) mass is 468 g/mol. The first kappa shape index (κ1) is 32.9. The van der Waals surface area contributed by atoms with Crippen LogP contribution in [0.15, 0.2) is 24.3 Å². The summed E-state index contributed by atoms with van der Waals surface area (Å²) in [5.74, 6) is 0. The molecule has 0 saturated heterocycles. The molecule has 0 aliphatic carbocycles. The molecule has 0 heterocycles. The van der Waals surface area contributed by atoms with E-state index >= 15 is 0 Å². The summed E-state index contributed by atoms with van der Waals surface area (Å²) in [6.45, 7) is -0.443. The van der Waals surface area contributed by atoms with Crippen LogP contribution < -0.4 is 11.5 Å². The minimum Gasteiger partial charge on any atom is -0.396 e. The molecule has 0 unspecified atom stereocenters. The average molecular weight is 468 g/mol. The van der Waals surface area contributed by atoms with E-state index in [1.807, 2.05) is 24.3 Å². The lowest BCUT2D eigenvalue weighted by atomic mass is 9.93. The fourth-order valence-electron chi connectivity index (χ4n) is 1.18. The Morgan fingerprint density at radius 2 is 0.931 bits per heavy atom. The Labute approximate surface area is 167 Å². The Morgan fingerprint density at radius 1 is 0.690 bits per heavy atom. The number of phosphoric acid groups is 2. The summed E-state index contributed by atoms with van der Waals surface area (Å²) in [5, 5.41) is 34.0. The molecule has 1 aromatic rings. The lowest BCUT2D eigenvalue weighted by Crippen LogP contribution is -2.37. The van der Waals surface area contributed by atoms with Crippen molar-refractivity contribution in [1.82, 2.24) is 0 Å². The summed E-state index contributed by atoms with van der Waals surface area (Å²) in [4.78, 5) is 43.1. The van der Waals surface area contributed by atoms with Gasteiger partial charge in [-0.15, -0.1) is 0 Å². The minimum atomic E-state index is -4.64. The van der Waals surface area contributed by atoms with Gasteiger partial charge >= 0.3 is 15.6 Å². The zero-order valence-corrected chi connectivity index (χ0v) is 17.2. The summed E-state index contributed by atoms with van der Waals surface area (Å²) >= 11 is 0. The van der Waals surface area contributed by atoms with Gasteiger partial charge in [-0.1, -0.05) is 24.3 Å². The number of aliphatic hydroxyl groups is 4. The topological polar surface area (TPSA) is 288 Å². The number of aliphatic hydroxyl groups excluding tert-OH is 4. The minimum absolute atomic E-state index is 0.406. The molecule has 0 atom stereocenters. The van der Waals surface area contributed by atoms with Crippen LogP contribution in [0.1, 0.15) is 11.1 Å². The molecule has 0 aromatic heterocycles. The van der Waals surface area contributed by atoms with Crippen LogP contribution in [-0.4, -0.2) is 76.2 Å². The van der Waals surface area contributed by atoms with Gasteiger partial charge in [0.05, 0.1) is 31.8 Å². The second-order valence-corrected chi connectivity index (χ2v) is 7.44. The zero-order chi connectivity index (χ0) is 23.7. The Bertz CT molecular complexity index is 544. The second-order valence-electron chi connectivity index (χ2n) is 5.39. The van der Waals surface area contributed by atoms with Crippen molar-refractivity contribution in [3.8, 4) is 0 Å². The highest BCUT2D eigenvalue weighted by molar-refractivity contribution is 7.45. The van der Waals surface area contributed by atoms with Crippen molar-refractivity contribution >= 4 is 15.6 Å². The van der Waals surface area contributed by atoms with E-state index in [0.29, 0.717) is 13.1 Å².